The number of aromatic amines is 1. The van der Waals surface area contributed by atoms with Gasteiger partial charge in [0.25, 0.3) is 0 Å². The van der Waals surface area contributed by atoms with Crippen LogP contribution in [0.5, 0.6) is 5.75 Å². The number of nitrogens with one attached hydrogen (secondary N) is 2. The Labute approximate surface area is 146 Å². The van der Waals surface area contributed by atoms with Crippen molar-refractivity contribution in [1.82, 2.24) is 10.3 Å². The fraction of sp³-hybridized carbons (Fsp3) is 0.250. The number of carbonyl (C=O) groups excluding carboxylic acids is 1. The van der Waals surface area contributed by atoms with E-state index in [1.54, 1.807) is 6.07 Å². The smallest absolute Gasteiger partial charge is 0.224 e. The van der Waals surface area contributed by atoms with E-state index in [1.807, 2.05) is 37.4 Å². The zero-order valence-electron chi connectivity index (χ0n) is 14.1. The number of ether oxygens (including phenoxy) is 1. The molecule has 0 radical (unpaired) electrons. The molecule has 0 bridgehead atoms. The maximum atomic E-state index is 13.4. The molecule has 0 saturated heterocycles. The van der Waals surface area contributed by atoms with Crippen LogP contribution in [-0.2, 0) is 17.6 Å². The van der Waals surface area contributed by atoms with Crippen LogP contribution < -0.4 is 10.1 Å². The number of fused-ring (bicyclic) bond motifs is 1. The fourth-order valence-corrected chi connectivity index (χ4v) is 2.81. The van der Waals surface area contributed by atoms with Gasteiger partial charge in [0, 0.05) is 23.6 Å². The lowest BCUT2D eigenvalue weighted by Gasteiger charge is -2.07. The molecular weight excluding hydrogens is 319 g/mol. The molecule has 1 amide bonds. The van der Waals surface area contributed by atoms with Gasteiger partial charge < -0.3 is 15.0 Å². The van der Waals surface area contributed by atoms with Crippen LogP contribution in [0.15, 0.2) is 48.7 Å². The van der Waals surface area contributed by atoms with Gasteiger partial charge in [-0.05, 0) is 54.8 Å². The van der Waals surface area contributed by atoms with Crippen LogP contribution in [0, 0.1) is 5.82 Å². The van der Waals surface area contributed by atoms with E-state index in [9.17, 15) is 9.18 Å². The molecule has 4 nitrogen and oxygen atoms in total. The summed E-state index contributed by atoms with van der Waals surface area (Å²) >= 11 is 0. The topological polar surface area (TPSA) is 54.1 Å². The Morgan fingerprint density at radius 1 is 1.20 bits per heavy atom. The van der Waals surface area contributed by atoms with Crippen molar-refractivity contribution in [3.05, 3.63) is 65.6 Å². The number of rotatable bonds is 7. The minimum atomic E-state index is -0.257. The highest BCUT2D eigenvalue weighted by Crippen LogP contribution is 2.19. The van der Waals surface area contributed by atoms with Gasteiger partial charge in [0.15, 0.2) is 0 Å². The third-order valence-corrected chi connectivity index (χ3v) is 4.05. The van der Waals surface area contributed by atoms with E-state index in [0.29, 0.717) is 26.0 Å². The van der Waals surface area contributed by atoms with Gasteiger partial charge in [-0.1, -0.05) is 12.1 Å². The largest absolute Gasteiger partial charge is 0.494 e. The zero-order valence-corrected chi connectivity index (χ0v) is 14.1. The summed E-state index contributed by atoms with van der Waals surface area (Å²) in [5.74, 6) is 0.515. The molecule has 0 spiro atoms. The summed E-state index contributed by atoms with van der Waals surface area (Å²) in [4.78, 5) is 15.2. The van der Waals surface area contributed by atoms with Gasteiger partial charge in [-0.15, -0.1) is 0 Å². The van der Waals surface area contributed by atoms with Crippen LogP contribution in [0.2, 0.25) is 0 Å². The Morgan fingerprint density at radius 3 is 2.76 bits per heavy atom. The summed E-state index contributed by atoms with van der Waals surface area (Å²) in [7, 11) is 0. The monoisotopic (exact) mass is 340 g/mol. The summed E-state index contributed by atoms with van der Waals surface area (Å²) in [6.45, 7) is 3.07. The van der Waals surface area contributed by atoms with Crippen molar-refractivity contribution >= 4 is 16.8 Å². The normalized spacial score (nSPS) is 10.8. The van der Waals surface area contributed by atoms with Gasteiger partial charge >= 0.3 is 0 Å². The van der Waals surface area contributed by atoms with Gasteiger partial charge in [-0.3, -0.25) is 4.79 Å². The van der Waals surface area contributed by atoms with Crippen LogP contribution in [0.1, 0.15) is 18.1 Å². The second kappa shape index (κ2) is 7.83. The molecule has 0 unspecified atom stereocenters. The maximum absolute atomic E-state index is 13.4. The van der Waals surface area contributed by atoms with Crippen molar-refractivity contribution in [2.45, 2.75) is 19.8 Å². The number of benzene rings is 2. The molecule has 2 N–H and O–H groups in total. The van der Waals surface area contributed by atoms with Gasteiger partial charge in [0.1, 0.15) is 11.6 Å². The van der Waals surface area contributed by atoms with E-state index in [0.717, 1.165) is 27.8 Å². The van der Waals surface area contributed by atoms with E-state index in [4.69, 9.17) is 4.74 Å². The Balaban J connectivity index is 1.51. The summed E-state index contributed by atoms with van der Waals surface area (Å²) in [6.07, 6.45) is 2.84. The van der Waals surface area contributed by atoms with E-state index in [2.05, 4.69) is 10.3 Å². The highest BCUT2D eigenvalue weighted by Gasteiger charge is 2.07. The molecule has 1 aromatic heterocycles. The van der Waals surface area contributed by atoms with Crippen molar-refractivity contribution in [2.75, 3.05) is 13.2 Å². The second-order valence-corrected chi connectivity index (χ2v) is 5.86. The van der Waals surface area contributed by atoms with Crippen LogP contribution in [0.25, 0.3) is 10.9 Å². The van der Waals surface area contributed by atoms with Crippen molar-refractivity contribution in [3.63, 3.8) is 0 Å². The Kier molecular flexibility index (Phi) is 5.33. The van der Waals surface area contributed by atoms with Crippen molar-refractivity contribution in [2.24, 2.45) is 0 Å². The summed E-state index contributed by atoms with van der Waals surface area (Å²) < 4.78 is 18.8. The number of carbonyl (C=O) groups is 1. The number of amides is 1. The Morgan fingerprint density at radius 2 is 2.00 bits per heavy atom. The first-order valence-corrected chi connectivity index (χ1v) is 8.39. The molecule has 0 fully saturated rings. The molecule has 0 atom stereocenters. The molecule has 130 valence electrons. The van der Waals surface area contributed by atoms with Gasteiger partial charge in [-0.25, -0.2) is 4.39 Å². The van der Waals surface area contributed by atoms with Crippen LogP contribution in [0.4, 0.5) is 4.39 Å². The summed E-state index contributed by atoms with van der Waals surface area (Å²) in [5, 5.41) is 3.77. The highest BCUT2D eigenvalue weighted by atomic mass is 19.1. The number of hydrogen-bond acceptors (Lipinski definition) is 2. The fourth-order valence-electron chi connectivity index (χ4n) is 2.81. The van der Waals surface area contributed by atoms with Crippen LogP contribution in [-0.4, -0.2) is 24.0 Å². The standard InChI is InChI=1S/C20H21FN2O2/c1-2-25-17-6-3-14(4-7-17)11-20(24)22-10-9-15-13-23-19-8-5-16(21)12-18(15)19/h3-8,12-13,23H,2,9-11H2,1H3,(H,22,24). The number of halogens is 1. The predicted molar refractivity (Wildman–Crippen MR) is 96.3 cm³/mol. The average molecular weight is 340 g/mol. The third kappa shape index (κ3) is 4.38. The molecule has 3 rings (SSSR count). The Bertz CT molecular complexity index is 856. The molecule has 1 heterocycles. The van der Waals surface area contributed by atoms with E-state index < -0.39 is 0 Å². The molecule has 0 aliphatic heterocycles. The predicted octanol–water partition coefficient (Wildman–Crippen LogP) is 3.61. The molecule has 0 aliphatic carbocycles. The molecule has 25 heavy (non-hydrogen) atoms. The minimum Gasteiger partial charge on any atom is -0.494 e. The number of H-pyrrole nitrogens is 1. The van der Waals surface area contributed by atoms with Crippen LogP contribution >= 0.6 is 0 Å². The SMILES string of the molecule is CCOc1ccc(CC(=O)NCCc2c[nH]c3ccc(F)cc23)cc1. The molecule has 0 aliphatic rings. The summed E-state index contributed by atoms with van der Waals surface area (Å²) in [6, 6.07) is 12.2. The lowest BCUT2D eigenvalue weighted by atomic mass is 10.1. The zero-order chi connectivity index (χ0) is 17.6. The summed E-state index contributed by atoms with van der Waals surface area (Å²) in [5.41, 5.74) is 2.84. The molecule has 2 aromatic carbocycles. The number of aromatic nitrogens is 1. The number of hydrogen-bond donors (Lipinski definition) is 2. The van der Waals surface area contributed by atoms with Crippen LogP contribution in [0.3, 0.4) is 0 Å². The lowest BCUT2D eigenvalue weighted by Crippen LogP contribution is -2.27. The second-order valence-electron chi connectivity index (χ2n) is 5.86. The molecular formula is C20H21FN2O2. The molecule has 3 aromatic rings. The first kappa shape index (κ1) is 17.0. The molecule has 5 heteroatoms. The maximum Gasteiger partial charge on any atom is 0.224 e. The van der Waals surface area contributed by atoms with E-state index in [-0.39, 0.29) is 11.7 Å². The van der Waals surface area contributed by atoms with E-state index in [1.165, 1.54) is 12.1 Å². The lowest BCUT2D eigenvalue weighted by molar-refractivity contribution is -0.120. The Hall–Kier alpha value is -2.82. The van der Waals surface area contributed by atoms with E-state index >= 15 is 0 Å². The van der Waals surface area contributed by atoms with Crippen molar-refractivity contribution in [1.29, 1.82) is 0 Å². The molecule has 0 saturated carbocycles. The quantitative estimate of drug-likeness (QED) is 0.690. The minimum absolute atomic E-state index is 0.0322. The third-order valence-electron chi connectivity index (χ3n) is 4.05. The van der Waals surface area contributed by atoms with Gasteiger partial charge in [-0.2, -0.15) is 0 Å². The van der Waals surface area contributed by atoms with Gasteiger partial charge in [0.05, 0.1) is 13.0 Å². The highest BCUT2D eigenvalue weighted by molar-refractivity contribution is 5.83. The van der Waals surface area contributed by atoms with Crippen molar-refractivity contribution < 1.29 is 13.9 Å². The first-order valence-electron chi connectivity index (χ1n) is 8.39. The average Bonchev–Trinajstić information content (AvgIpc) is 2.99. The van der Waals surface area contributed by atoms with Crippen molar-refractivity contribution in [3.8, 4) is 5.75 Å². The van der Waals surface area contributed by atoms with Gasteiger partial charge in [0.2, 0.25) is 5.91 Å². The first-order chi connectivity index (χ1) is 12.2.